The highest BCUT2D eigenvalue weighted by Gasteiger charge is 1.99. The molecule has 2 N–H and O–H groups in total. The van der Waals surface area contributed by atoms with Crippen molar-refractivity contribution in [2.24, 2.45) is 0 Å². The average Bonchev–Trinajstić information content (AvgIpc) is 2.22. The van der Waals surface area contributed by atoms with Gasteiger partial charge in [0.15, 0.2) is 0 Å². The van der Waals surface area contributed by atoms with E-state index in [1.807, 2.05) is 0 Å². The normalized spacial score (nSPS) is 11.7. The number of aromatic amines is 1. The van der Waals surface area contributed by atoms with Crippen LogP contribution < -0.4 is 11.2 Å². The van der Waals surface area contributed by atoms with Crippen molar-refractivity contribution >= 4 is 0 Å². The van der Waals surface area contributed by atoms with Crippen molar-refractivity contribution in [1.29, 1.82) is 0 Å². The maximum absolute atomic E-state index is 12.1. The van der Waals surface area contributed by atoms with Gasteiger partial charge in [0.1, 0.15) is 0 Å². The zero-order valence-electron chi connectivity index (χ0n) is 7.94. The smallest absolute Gasteiger partial charge is 0.328 e. The molecule has 0 aliphatic carbocycles. The Balaban J connectivity index is 2.74. The zero-order valence-corrected chi connectivity index (χ0v) is 7.94. The van der Waals surface area contributed by atoms with Crippen LogP contribution in [-0.2, 0) is 6.54 Å². The molecule has 0 saturated carbocycles. The summed E-state index contributed by atoms with van der Waals surface area (Å²) in [5.74, 6) is 0. The number of aliphatic hydroxyl groups is 1. The minimum atomic E-state index is -0.543. The van der Waals surface area contributed by atoms with Gasteiger partial charge in [-0.1, -0.05) is 0 Å². The van der Waals surface area contributed by atoms with Crippen molar-refractivity contribution in [3.63, 3.8) is 0 Å². The molecular formula is C9H11FN2O3. The Hall–Kier alpha value is -1.69. The Morgan fingerprint density at radius 2 is 2.33 bits per heavy atom. The summed E-state index contributed by atoms with van der Waals surface area (Å²) in [5.41, 5.74) is -0.814. The minimum Gasteiger partial charge on any atom is -0.392 e. The van der Waals surface area contributed by atoms with E-state index < -0.39 is 11.2 Å². The number of H-pyrrole nitrogens is 1. The molecule has 0 spiro atoms. The minimum absolute atomic E-state index is 0.202. The largest absolute Gasteiger partial charge is 0.392 e. The number of halogens is 1. The van der Waals surface area contributed by atoms with Crippen molar-refractivity contribution in [1.82, 2.24) is 9.55 Å². The predicted octanol–water partition coefficient (Wildman–Crippen LogP) is -0.228. The molecule has 82 valence electrons. The molecule has 1 rings (SSSR count). The maximum atomic E-state index is 12.1. The second-order valence-corrected chi connectivity index (χ2v) is 2.98. The van der Waals surface area contributed by atoms with Crippen LogP contribution in [0.2, 0.25) is 0 Å². The van der Waals surface area contributed by atoms with Crippen LogP contribution in [0.4, 0.5) is 4.39 Å². The van der Waals surface area contributed by atoms with Gasteiger partial charge in [0.05, 0.1) is 12.9 Å². The van der Waals surface area contributed by atoms with Crippen LogP contribution in [0.3, 0.4) is 0 Å². The Bertz CT molecular complexity index is 461. The van der Waals surface area contributed by atoms with Crippen molar-refractivity contribution in [2.75, 3.05) is 6.61 Å². The van der Waals surface area contributed by atoms with Gasteiger partial charge in [-0.05, 0) is 12.0 Å². The summed E-state index contributed by atoms with van der Waals surface area (Å²) in [6.45, 7) is -0.166. The zero-order chi connectivity index (χ0) is 11.3. The van der Waals surface area contributed by atoms with Gasteiger partial charge >= 0.3 is 5.69 Å². The Kier molecular flexibility index (Phi) is 3.99. The summed E-state index contributed by atoms with van der Waals surface area (Å²) < 4.78 is 13.3. The lowest BCUT2D eigenvalue weighted by molar-refractivity contribution is 0.321. The van der Waals surface area contributed by atoms with Crippen LogP contribution >= 0.6 is 0 Å². The summed E-state index contributed by atoms with van der Waals surface area (Å²) >= 11 is 0. The van der Waals surface area contributed by atoms with Gasteiger partial charge < -0.3 is 9.67 Å². The lowest BCUT2D eigenvalue weighted by Crippen LogP contribution is -2.28. The highest BCUT2D eigenvalue weighted by Crippen LogP contribution is 2.01. The van der Waals surface area contributed by atoms with Crippen LogP contribution in [0.15, 0.2) is 33.8 Å². The molecule has 1 aromatic rings. The number of hydrogen-bond donors (Lipinski definition) is 2. The molecule has 0 radical (unpaired) electrons. The number of aliphatic hydroxyl groups excluding tert-OH is 1. The van der Waals surface area contributed by atoms with E-state index in [0.29, 0.717) is 6.33 Å². The molecule has 1 aromatic heterocycles. The first kappa shape index (κ1) is 11.4. The highest BCUT2D eigenvalue weighted by atomic mass is 19.1. The van der Waals surface area contributed by atoms with E-state index in [1.54, 1.807) is 0 Å². The van der Waals surface area contributed by atoms with Crippen LogP contribution in [-0.4, -0.2) is 21.3 Å². The number of nitrogens with zero attached hydrogens (tertiary/aromatic N) is 1. The van der Waals surface area contributed by atoms with E-state index in [4.69, 9.17) is 5.11 Å². The second-order valence-electron chi connectivity index (χ2n) is 2.98. The molecule has 5 nitrogen and oxygen atoms in total. The second kappa shape index (κ2) is 5.26. The molecule has 0 aliphatic rings. The number of hydrogen-bond acceptors (Lipinski definition) is 3. The summed E-state index contributed by atoms with van der Waals surface area (Å²) in [4.78, 5) is 23.9. The van der Waals surface area contributed by atoms with Gasteiger partial charge in [0, 0.05) is 18.8 Å². The number of aryl methyl sites for hydroxylation is 1. The first-order valence-electron chi connectivity index (χ1n) is 4.36. The molecule has 0 aliphatic heterocycles. The van der Waals surface area contributed by atoms with E-state index in [-0.39, 0.29) is 25.1 Å². The number of rotatable bonds is 4. The molecule has 0 saturated heterocycles. The van der Waals surface area contributed by atoms with Crippen LogP contribution in [0.1, 0.15) is 6.42 Å². The fourth-order valence-electron chi connectivity index (χ4n) is 1.05. The standard InChI is InChI=1S/C9H11FN2O3/c10-5-7(6-13)1-3-12-4-2-8(14)11-9(12)15/h2,4-5,13H,1,3,6H2,(H,11,14,15)/b7-5+. The van der Waals surface area contributed by atoms with Gasteiger partial charge in [0.25, 0.3) is 5.56 Å². The Morgan fingerprint density at radius 1 is 1.60 bits per heavy atom. The van der Waals surface area contributed by atoms with Crippen molar-refractivity contribution in [3.05, 3.63) is 45.0 Å². The maximum Gasteiger partial charge on any atom is 0.328 e. The Labute approximate surface area is 84.5 Å². The van der Waals surface area contributed by atoms with Crippen LogP contribution in [0.25, 0.3) is 0 Å². The van der Waals surface area contributed by atoms with Crippen molar-refractivity contribution < 1.29 is 9.50 Å². The highest BCUT2D eigenvalue weighted by molar-refractivity contribution is 4.97. The fourth-order valence-corrected chi connectivity index (χ4v) is 1.05. The molecule has 0 atom stereocenters. The summed E-state index contributed by atoms with van der Waals surface area (Å²) in [6, 6.07) is 1.21. The first-order valence-corrected chi connectivity index (χ1v) is 4.36. The van der Waals surface area contributed by atoms with Crippen molar-refractivity contribution in [2.45, 2.75) is 13.0 Å². The molecule has 6 heteroatoms. The van der Waals surface area contributed by atoms with Gasteiger partial charge in [0.2, 0.25) is 0 Å². The van der Waals surface area contributed by atoms with Crippen LogP contribution in [0, 0.1) is 0 Å². The molecule has 15 heavy (non-hydrogen) atoms. The quantitative estimate of drug-likeness (QED) is 0.727. The van der Waals surface area contributed by atoms with Crippen LogP contribution in [0.5, 0.6) is 0 Å². The molecule has 0 aromatic carbocycles. The molecule has 0 amide bonds. The third-order valence-electron chi connectivity index (χ3n) is 1.93. The van der Waals surface area contributed by atoms with E-state index >= 15 is 0 Å². The lowest BCUT2D eigenvalue weighted by Gasteiger charge is -2.04. The van der Waals surface area contributed by atoms with E-state index in [1.165, 1.54) is 16.8 Å². The predicted molar refractivity (Wildman–Crippen MR) is 52.2 cm³/mol. The number of aromatic nitrogens is 2. The van der Waals surface area contributed by atoms with E-state index in [2.05, 4.69) is 4.98 Å². The third kappa shape index (κ3) is 3.17. The van der Waals surface area contributed by atoms with Gasteiger partial charge in [-0.15, -0.1) is 0 Å². The van der Waals surface area contributed by atoms with Gasteiger partial charge in [-0.25, -0.2) is 9.18 Å². The topological polar surface area (TPSA) is 75.1 Å². The lowest BCUT2D eigenvalue weighted by atomic mass is 10.2. The van der Waals surface area contributed by atoms with Crippen molar-refractivity contribution in [3.8, 4) is 0 Å². The molecular weight excluding hydrogens is 203 g/mol. The average molecular weight is 214 g/mol. The molecule has 1 heterocycles. The SMILES string of the molecule is O=c1ccn(CC/C(=C\F)CO)c(=O)[nH]1. The number of nitrogens with one attached hydrogen (secondary N) is 1. The van der Waals surface area contributed by atoms with E-state index in [9.17, 15) is 14.0 Å². The van der Waals surface area contributed by atoms with E-state index in [0.717, 1.165) is 0 Å². The summed E-state index contributed by atoms with van der Waals surface area (Å²) in [6.07, 6.45) is 1.87. The summed E-state index contributed by atoms with van der Waals surface area (Å²) in [5, 5.41) is 8.66. The van der Waals surface area contributed by atoms with Gasteiger partial charge in [-0.2, -0.15) is 0 Å². The first-order chi connectivity index (χ1) is 7.17. The molecule has 0 unspecified atom stereocenters. The third-order valence-corrected chi connectivity index (χ3v) is 1.93. The molecule has 0 bridgehead atoms. The fraction of sp³-hybridized carbons (Fsp3) is 0.333. The monoisotopic (exact) mass is 214 g/mol. The Morgan fingerprint density at radius 3 is 2.87 bits per heavy atom. The van der Waals surface area contributed by atoms with Gasteiger partial charge in [-0.3, -0.25) is 9.78 Å². The summed E-state index contributed by atoms with van der Waals surface area (Å²) in [7, 11) is 0. The molecule has 0 fully saturated rings.